The highest BCUT2D eigenvalue weighted by Crippen LogP contribution is 2.34. The largest absolute Gasteiger partial charge is 0.397 e. The van der Waals surface area contributed by atoms with Crippen LogP contribution < -0.4 is 11.1 Å². The molecule has 3 N–H and O–H groups in total. The maximum atomic E-state index is 12.1. The first-order valence-electron chi connectivity index (χ1n) is 6.42. The van der Waals surface area contributed by atoms with E-state index in [1.54, 1.807) is 6.20 Å². The highest BCUT2D eigenvalue weighted by molar-refractivity contribution is 7.21. The third-order valence-electron chi connectivity index (χ3n) is 3.05. The Balaban J connectivity index is 2.23. The topological polar surface area (TPSA) is 68.0 Å². The van der Waals surface area contributed by atoms with Crippen LogP contribution in [0.25, 0.3) is 10.2 Å². The van der Waals surface area contributed by atoms with Crippen LogP contribution in [-0.2, 0) is 0 Å². The molecule has 0 aliphatic heterocycles. The number of carbonyl (C=O) groups excluding carboxylic acids is 1. The Morgan fingerprint density at radius 2 is 2.26 bits per heavy atom. The van der Waals surface area contributed by atoms with E-state index < -0.39 is 0 Å². The predicted molar refractivity (Wildman–Crippen MR) is 80.6 cm³/mol. The van der Waals surface area contributed by atoms with Crippen LogP contribution >= 0.6 is 11.3 Å². The van der Waals surface area contributed by atoms with E-state index >= 15 is 0 Å². The smallest absolute Gasteiger partial charge is 0.263 e. The lowest BCUT2D eigenvalue weighted by Gasteiger charge is -2.06. The van der Waals surface area contributed by atoms with Crippen molar-refractivity contribution in [1.82, 2.24) is 10.3 Å². The Labute approximate surface area is 117 Å². The number of hydrogen-bond donors (Lipinski definition) is 2. The first-order valence-corrected chi connectivity index (χ1v) is 7.24. The second-order valence-electron chi connectivity index (χ2n) is 5.09. The number of amides is 1. The molecule has 0 saturated carbocycles. The van der Waals surface area contributed by atoms with Crippen molar-refractivity contribution in [3.63, 3.8) is 0 Å². The molecule has 5 heteroatoms. The number of pyridine rings is 1. The van der Waals surface area contributed by atoms with Gasteiger partial charge in [-0.3, -0.25) is 4.79 Å². The average molecular weight is 277 g/mol. The minimum absolute atomic E-state index is 0.0967. The third-order valence-corrected chi connectivity index (χ3v) is 4.16. The monoisotopic (exact) mass is 277 g/mol. The number of fused-ring (bicyclic) bond motifs is 1. The summed E-state index contributed by atoms with van der Waals surface area (Å²) in [5, 5.41) is 3.82. The van der Waals surface area contributed by atoms with Crippen molar-refractivity contribution in [3.05, 3.63) is 22.7 Å². The molecule has 0 radical (unpaired) electrons. The summed E-state index contributed by atoms with van der Waals surface area (Å²) in [5.74, 6) is 0.476. The van der Waals surface area contributed by atoms with Crippen molar-refractivity contribution < 1.29 is 4.79 Å². The molecule has 4 nitrogen and oxygen atoms in total. The summed E-state index contributed by atoms with van der Waals surface area (Å²) in [5.41, 5.74) is 7.69. The van der Waals surface area contributed by atoms with Gasteiger partial charge in [-0.1, -0.05) is 13.8 Å². The number of nitrogens with zero attached hydrogens (tertiary/aromatic N) is 1. The van der Waals surface area contributed by atoms with E-state index in [9.17, 15) is 4.79 Å². The van der Waals surface area contributed by atoms with Gasteiger partial charge in [-0.2, -0.15) is 0 Å². The molecule has 102 valence electrons. The number of aryl methyl sites for hydroxylation is 1. The zero-order valence-corrected chi connectivity index (χ0v) is 12.3. The molecule has 0 unspecified atom stereocenters. The van der Waals surface area contributed by atoms with Gasteiger partial charge in [-0.25, -0.2) is 4.98 Å². The van der Waals surface area contributed by atoms with Gasteiger partial charge in [0.1, 0.15) is 9.71 Å². The van der Waals surface area contributed by atoms with Crippen LogP contribution in [0.15, 0.2) is 12.3 Å². The third kappa shape index (κ3) is 2.87. The van der Waals surface area contributed by atoms with Crippen molar-refractivity contribution >= 4 is 33.1 Å². The minimum atomic E-state index is -0.0967. The molecule has 2 aromatic heterocycles. The lowest BCUT2D eigenvalue weighted by molar-refractivity contribution is 0.0957. The normalized spacial score (nSPS) is 11.2. The van der Waals surface area contributed by atoms with Gasteiger partial charge in [0.2, 0.25) is 0 Å². The van der Waals surface area contributed by atoms with Crippen LogP contribution in [0.3, 0.4) is 0 Å². The number of nitrogens with two attached hydrogens (primary N) is 1. The van der Waals surface area contributed by atoms with Gasteiger partial charge < -0.3 is 11.1 Å². The van der Waals surface area contributed by atoms with Crippen molar-refractivity contribution in [1.29, 1.82) is 0 Å². The Hall–Kier alpha value is -1.62. The van der Waals surface area contributed by atoms with Crippen molar-refractivity contribution in [2.24, 2.45) is 5.92 Å². The fourth-order valence-electron chi connectivity index (χ4n) is 1.93. The molecule has 2 aromatic rings. The lowest BCUT2D eigenvalue weighted by atomic mass is 10.1. The second kappa shape index (κ2) is 5.57. The standard InChI is InChI=1S/C14H19N3OS/c1-8(2)4-6-16-13(18)12-11(15)10-9(3)5-7-17-14(10)19-12/h5,7-8H,4,6,15H2,1-3H3,(H,16,18). The van der Waals surface area contributed by atoms with E-state index in [0.29, 0.717) is 23.0 Å². The summed E-state index contributed by atoms with van der Waals surface area (Å²) in [6.45, 7) is 6.92. The number of carbonyl (C=O) groups is 1. The van der Waals surface area contributed by atoms with Crippen LogP contribution in [-0.4, -0.2) is 17.4 Å². The maximum Gasteiger partial charge on any atom is 0.263 e. The number of hydrogen-bond acceptors (Lipinski definition) is 4. The van der Waals surface area contributed by atoms with E-state index in [-0.39, 0.29) is 5.91 Å². The van der Waals surface area contributed by atoms with Gasteiger partial charge in [-0.15, -0.1) is 11.3 Å². The molecule has 0 aliphatic rings. The highest BCUT2D eigenvalue weighted by Gasteiger charge is 2.17. The molecular weight excluding hydrogens is 258 g/mol. The SMILES string of the molecule is Cc1ccnc2sc(C(=O)NCCC(C)C)c(N)c12. The molecule has 0 saturated heterocycles. The van der Waals surface area contributed by atoms with Gasteiger partial charge in [-0.05, 0) is 30.9 Å². The van der Waals surface area contributed by atoms with Gasteiger partial charge in [0.15, 0.2) is 0 Å². The number of anilines is 1. The molecule has 2 heterocycles. The minimum Gasteiger partial charge on any atom is -0.397 e. The molecule has 0 bridgehead atoms. The Kier molecular flexibility index (Phi) is 4.04. The Morgan fingerprint density at radius 1 is 1.53 bits per heavy atom. The first-order chi connectivity index (χ1) is 9.00. The fourth-order valence-corrected chi connectivity index (χ4v) is 2.98. The lowest BCUT2D eigenvalue weighted by Crippen LogP contribution is -2.25. The first kappa shape index (κ1) is 13.8. The van der Waals surface area contributed by atoms with Crippen LogP contribution in [0.5, 0.6) is 0 Å². The average Bonchev–Trinajstić information content (AvgIpc) is 2.67. The summed E-state index contributed by atoms with van der Waals surface area (Å²) in [7, 11) is 0. The zero-order valence-electron chi connectivity index (χ0n) is 11.5. The van der Waals surface area contributed by atoms with Crippen LogP contribution in [0.2, 0.25) is 0 Å². The summed E-state index contributed by atoms with van der Waals surface area (Å²) >= 11 is 1.36. The molecule has 2 rings (SSSR count). The van der Waals surface area contributed by atoms with E-state index in [1.165, 1.54) is 11.3 Å². The van der Waals surface area contributed by atoms with Crippen LogP contribution in [0, 0.1) is 12.8 Å². The van der Waals surface area contributed by atoms with E-state index in [0.717, 1.165) is 22.2 Å². The van der Waals surface area contributed by atoms with E-state index in [1.807, 2.05) is 13.0 Å². The number of nitrogen functional groups attached to an aromatic ring is 1. The van der Waals surface area contributed by atoms with E-state index in [2.05, 4.69) is 24.1 Å². The summed E-state index contributed by atoms with van der Waals surface area (Å²) in [6.07, 6.45) is 2.71. The van der Waals surface area contributed by atoms with Crippen molar-refractivity contribution in [2.75, 3.05) is 12.3 Å². The molecule has 1 amide bonds. The summed E-state index contributed by atoms with van der Waals surface area (Å²) in [6, 6.07) is 1.91. The number of thiophene rings is 1. The number of rotatable bonds is 4. The van der Waals surface area contributed by atoms with Gasteiger partial charge in [0.25, 0.3) is 5.91 Å². The van der Waals surface area contributed by atoms with Crippen LogP contribution in [0.1, 0.15) is 35.5 Å². The number of nitrogens with one attached hydrogen (secondary N) is 1. The molecule has 0 aromatic carbocycles. The van der Waals surface area contributed by atoms with Crippen molar-refractivity contribution in [3.8, 4) is 0 Å². The van der Waals surface area contributed by atoms with Crippen molar-refractivity contribution in [2.45, 2.75) is 27.2 Å². The van der Waals surface area contributed by atoms with Gasteiger partial charge >= 0.3 is 0 Å². The Bertz CT molecular complexity index is 604. The fraction of sp³-hybridized carbons (Fsp3) is 0.429. The van der Waals surface area contributed by atoms with Crippen LogP contribution in [0.4, 0.5) is 5.69 Å². The molecule has 0 fully saturated rings. The highest BCUT2D eigenvalue weighted by atomic mass is 32.1. The Morgan fingerprint density at radius 3 is 2.89 bits per heavy atom. The van der Waals surface area contributed by atoms with E-state index in [4.69, 9.17) is 5.73 Å². The predicted octanol–water partition coefficient (Wildman–Crippen LogP) is 2.96. The summed E-state index contributed by atoms with van der Waals surface area (Å²) in [4.78, 5) is 17.8. The van der Waals surface area contributed by atoms with Gasteiger partial charge in [0, 0.05) is 18.1 Å². The maximum absolute atomic E-state index is 12.1. The summed E-state index contributed by atoms with van der Waals surface area (Å²) < 4.78 is 0. The second-order valence-corrected chi connectivity index (χ2v) is 6.09. The molecule has 0 spiro atoms. The molecule has 0 aliphatic carbocycles. The van der Waals surface area contributed by atoms with Gasteiger partial charge in [0.05, 0.1) is 5.69 Å². The zero-order chi connectivity index (χ0) is 14.0. The molecular formula is C14H19N3OS. The molecule has 0 atom stereocenters. The quantitative estimate of drug-likeness (QED) is 0.902. The molecule has 19 heavy (non-hydrogen) atoms. The number of aromatic nitrogens is 1.